The van der Waals surface area contributed by atoms with Crippen LogP contribution >= 0.6 is 11.3 Å². The Bertz CT molecular complexity index is 1330. The molecule has 0 fully saturated rings. The molecule has 4 heterocycles. The fourth-order valence-corrected chi connectivity index (χ4v) is 4.89. The summed E-state index contributed by atoms with van der Waals surface area (Å²) in [5.41, 5.74) is 2.30. The summed E-state index contributed by atoms with van der Waals surface area (Å²) in [5, 5.41) is 7.66. The molecular weight excluding hydrogens is 441 g/mol. The van der Waals surface area contributed by atoms with E-state index < -0.39 is 11.7 Å². The molecule has 0 aromatic carbocycles. The molecule has 1 aliphatic rings. The van der Waals surface area contributed by atoms with Crippen LogP contribution in [-0.4, -0.2) is 30.6 Å². The van der Waals surface area contributed by atoms with Crippen LogP contribution in [0.15, 0.2) is 43.0 Å². The number of rotatable bonds is 3. The second-order valence-electron chi connectivity index (χ2n) is 7.20. The van der Waals surface area contributed by atoms with Crippen molar-refractivity contribution in [2.45, 2.75) is 25.9 Å². The minimum Gasteiger partial charge on any atom is -0.302 e. The minimum atomic E-state index is -4.59. The van der Waals surface area contributed by atoms with Crippen LogP contribution < -0.4 is 5.32 Å². The maximum absolute atomic E-state index is 13.8. The van der Waals surface area contributed by atoms with E-state index in [2.05, 4.69) is 25.4 Å². The highest BCUT2D eigenvalue weighted by Crippen LogP contribution is 2.45. The van der Waals surface area contributed by atoms with Gasteiger partial charge in [0, 0.05) is 36.6 Å². The number of aryl methyl sites for hydroxylation is 1. The molecule has 162 valence electrons. The lowest BCUT2D eigenvalue weighted by molar-refractivity contribution is -0.137. The van der Waals surface area contributed by atoms with E-state index in [0.29, 0.717) is 45.5 Å². The van der Waals surface area contributed by atoms with Crippen molar-refractivity contribution in [3.05, 3.63) is 59.8 Å². The SMILES string of the molecule is CC(=O)Nc1nc2c(s1)-c1c(c(-c3cccnc3)nn1-c1cnccc1C(F)(F)F)CC2. The number of hydrogen-bond acceptors (Lipinski definition) is 6. The Morgan fingerprint density at radius 1 is 1.16 bits per heavy atom. The van der Waals surface area contributed by atoms with Gasteiger partial charge in [0.25, 0.3) is 0 Å². The molecule has 1 N–H and O–H groups in total. The zero-order valence-electron chi connectivity index (χ0n) is 16.6. The summed E-state index contributed by atoms with van der Waals surface area (Å²) in [6.45, 7) is 1.38. The average molecular weight is 456 g/mol. The van der Waals surface area contributed by atoms with Crippen molar-refractivity contribution in [1.29, 1.82) is 0 Å². The number of nitrogens with zero attached hydrogens (tertiary/aromatic N) is 5. The van der Waals surface area contributed by atoms with E-state index in [1.807, 2.05) is 6.07 Å². The van der Waals surface area contributed by atoms with Crippen LogP contribution in [0.5, 0.6) is 0 Å². The molecule has 0 radical (unpaired) electrons. The summed E-state index contributed by atoms with van der Waals surface area (Å²) in [6, 6.07) is 4.51. The summed E-state index contributed by atoms with van der Waals surface area (Å²) < 4.78 is 42.7. The largest absolute Gasteiger partial charge is 0.418 e. The van der Waals surface area contributed by atoms with Crippen molar-refractivity contribution in [2.24, 2.45) is 0 Å². The van der Waals surface area contributed by atoms with Gasteiger partial charge in [-0.15, -0.1) is 0 Å². The Morgan fingerprint density at radius 2 is 1.97 bits per heavy atom. The summed E-state index contributed by atoms with van der Waals surface area (Å²) in [5.74, 6) is -0.271. The molecule has 0 saturated carbocycles. The molecule has 0 atom stereocenters. The fourth-order valence-electron chi connectivity index (χ4n) is 3.78. The summed E-state index contributed by atoms with van der Waals surface area (Å²) in [4.78, 5) is 24.7. The van der Waals surface area contributed by atoms with Gasteiger partial charge in [-0.2, -0.15) is 18.3 Å². The number of thiazole rings is 1. The van der Waals surface area contributed by atoms with Gasteiger partial charge in [-0.1, -0.05) is 11.3 Å². The maximum Gasteiger partial charge on any atom is 0.418 e. The van der Waals surface area contributed by atoms with Crippen LogP contribution in [0.1, 0.15) is 23.7 Å². The van der Waals surface area contributed by atoms with Crippen molar-refractivity contribution >= 4 is 22.4 Å². The van der Waals surface area contributed by atoms with Gasteiger partial charge in [0.15, 0.2) is 5.13 Å². The van der Waals surface area contributed by atoms with E-state index in [1.54, 1.807) is 18.5 Å². The predicted octanol–water partition coefficient (Wildman–Crippen LogP) is 4.53. The van der Waals surface area contributed by atoms with Crippen LogP contribution in [0.2, 0.25) is 0 Å². The quantitative estimate of drug-likeness (QED) is 0.490. The molecule has 0 unspecified atom stereocenters. The smallest absolute Gasteiger partial charge is 0.302 e. The summed E-state index contributed by atoms with van der Waals surface area (Å²) in [6.07, 6.45) is 2.05. The number of fused-ring (bicyclic) bond motifs is 3. The number of aromatic nitrogens is 5. The van der Waals surface area contributed by atoms with Crippen molar-refractivity contribution in [3.63, 3.8) is 0 Å². The Balaban J connectivity index is 1.79. The molecule has 1 aliphatic carbocycles. The summed E-state index contributed by atoms with van der Waals surface area (Å²) >= 11 is 1.22. The molecule has 0 bridgehead atoms. The Labute approximate surface area is 184 Å². The molecule has 0 aliphatic heterocycles. The van der Waals surface area contributed by atoms with Gasteiger partial charge in [0.1, 0.15) is 0 Å². The monoisotopic (exact) mass is 456 g/mol. The van der Waals surface area contributed by atoms with Crippen molar-refractivity contribution < 1.29 is 18.0 Å². The molecule has 7 nitrogen and oxygen atoms in total. The van der Waals surface area contributed by atoms with E-state index in [0.717, 1.165) is 24.0 Å². The number of carbonyl (C=O) groups excluding carboxylic acids is 1. The third-order valence-corrected chi connectivity index (χ3v) is 6.08. The molecular formula is C21H15F3N6OS. The molecule has 4 aromatic rings. The first-order valence-electron chi connectivity index (χ1n) is 9.64. The first kappa shape index (κ1) is 20.3. The molecule has 32 heavy (non-hydrogen) atoms. The molecule has 5 rings (SSSR count). The predicted molar refractivity (Wildman–Crippen MR) is 112 cm³/mol. The van der Waals surface area contributed by atoms with Gasteiger partial charge < -0.3 is 5.32 Å². The van der Waals surface area contributed by atoms with Crippen LogP contribution in [0.4, 0.5) is 18.3 Å². The molecule has 4 aromatic heterocycles. The maximum atomic E-state index is 13.8. The lowest BCUT2D eigenvalue weighted by Crippen LogP contribution is -2.13. The lowest BCUT2D eigenvalue weighted by atomic mass is 9.95. The Morgan fingerprint density at radius 3 is 2.69 bits per heavy atom. The van der Waals surface area contributed by atoms with Crippen molar-refractivity contribution in [1.82, 2.24) is 24.7 Å². The number of nitrogens with one attached hydrogen (secondary N) is 1. The number of amides is 1. The van der Waals surface area contributed by atoms with Gasteiger partial charge >= 0.3 is 6.18 Å². The Kier molecular flexibility index (Phi) is 4.77. The molecule has 0 saturated heterocycles. The van der Waals surface area contributed by atoms with E-state index >= 15 is 0 Å². The van der Waals surface area contributed by atoms with E-state index in [1.165, 1.54) is 22.9 Å². The number of hydrogen-bond donors (Lipinski definition) is 1. The average Bonchev–Trinajstić information content (AvgIpc) is 3.34. The van der Waals surface area contributed by atoms with Gasteiger partial charge in [-0.25, -0.2) is 9.67 Å². The third-order valence-electron chi connectivity index (χ3n) is 5.06. The normalized spacial score (nSPS) is 12.9. The molecule has 0 spiro atoms. The van der Waals surface area contributed by atoms with E-state index in [4.69, 9.17) is 0 Å². The first-order valence-corrected chi connectivity index (χ1v) is 10.5. The zero-order chi connectivity index (χ0) is 22.5. The second-order valence-corrected chi connectivity index (χ2v) is 8.19. The first-order chi connectivity index (χ1) is 15.3. The van der Waals surface area contributed by atoms with Gasteiger partial charge in [-0.05, 0) is 31.0 Å². The van der Waals surface area contributed by atoms with Gasteiger partial charge in [0.2, 0.25) is 5.91 Å². The highest BCUT2D eigenvalue weighted by atomic mass is 32.1. The molecule has 1 amide bonds. The van der Waals surface area contributed by atoms with Crippen molar-refractivity contribution in [2.75, 3.05) is 5.32 Å². The number of alkyl halides is 3. The number of carbonyl (C=O) groups is 1. The minimum absolute atomic E-state index is 0.172. The fraction of sp³-hybridized carbons (Fsp3) is 0.190. The highest BCUT2D eigenvalue weighted by Gasteiger charge is 2.37. The lowest BCUT2D eigenvalue weighted by Gasteiger charge is -2.16. The third kappa shape index (κ3) is 3.44. The standard InChI is InChI=1S/C21H15F3N6OS/c1-11(31)27-20-28-15-5-4-13-17(12-3-2-7-25-9-12)29-30(18(13)19(15)32-20)16-10-26-8-6-14(16)21(22,23)24/h2-3,6-10H,4-5H2,1H3,(H,27,28,31). The van der Waals surface area contributed by atoms with Gasteiger partial charge in [0.05, 0.1) is 39.4 Å². The van der Waals surface area contributed by atoms with Crippen molar-refractivity contribution in [3.8, 4) is 27.5 Å². The Hall–Kier alpha value is -3.60. The number of anilines is 1. The van der Waals surface area contributed by atoms with Crippen LogP contribution in [0.3, 0.4) is 0 Å². The second kappa shape index (κ2) is 7.52. The van der Waals surface area contributed by atoms with E-state index in [9.17, 15) is 18.0 Å². The van der Waals surface area contributed by atoms with Crippen LogP contribution in [-0.2, 0) is 23.8 Å². The van der Waals surface area contributed by atoms with Gasteiger partial charge in [-0.3, -0.25) is 14.8 Å². The molecule has 11 heteroatoms. The number of pyridine rings is 2. The number of halogens is 3. The van der Waals surface area contributed by atoms with E-state index in [-0.39, 0.29) is 11.6 Å². The zero-order valence-corrected chi connectivity index (χ0v) is 17.5. The highest BCUT2D eigenvalue weighted by molar-refractivity contribution is 7.19. The van der Waals surface area contributed by atoms with Crippen LogP contribution in [0.25, 0.3) is 27.5 Å². The topological polar surface area (TPSA) is 85.6 Å². The summed E-state index contributed by atoms with van der Waals surface area (Å²) in [7, 11) is 0. The van der Waals surface area contributed by atoms with Crippen LogP contribution in [0, 0.1) is 0 Å².